The Labute approximate surface area is 128 Å². The molecule has 0 radical (unpaired) electrons. The standard InChI is InChI=1S/C17H29FN2O/c1-3-19-17(15-7-9-16(18)10-8-15)11-13-20(2)12-5-4-6-14-21/h7-10,17,19,21H,3-6,11-14H2,1-2H3. The van der Waals surface area contributed by atoms with E-state index < -0.39 is 0 Å². The Morgan fingerprint density at radius 3 is 2.48 bits per heavy atom. The number of nitrogens with zero attached hydrogens (tertiary/aromatic N) is 1. The van der Waals surface area contributed by atoms with Crippen molar-refractivity contribution in [3.63, 3.8) is 0 Å². The van der Waals surface area contributed by atoms with Gasteiger partial charge in [0.15, 0.2) is 0 Å². The zero-order valence-corrected chi connectivity index (χ0v) is 13.3. The highest BCUT2D eigenvalue weighted by atomic mass is 19.1. The summed E-state index contributed by atoms with van der Waals surface area (Å²) < 4.78 is 13.0. The van der Waals surface area contributed by atoms with Crippen LogP contribution in [0.4, 0.5) is 4.39 Å². The van der Waals surface area contributed by atoms with Crippen molar-refractivity contribution in [2.75, 3.05) is 33.3 Å². The Hall–Kier alpha value is -0.970. The lowest BCUT2D eigenvalue weighted by atomic mass is 10.0. The zero-order valence-electron chi connectivity index (χ0n) is 13.3. The topological polar surface area (TPSA) is 35.5 Å². The van der Waals surface area contributed by atoms with E-state index in [-0.39, 0.29) is 18.5 Å². The summed E-state index contributed by atoms with van der Waals surface area (Å²) in [7, 11) is 2.13. The van der Waals surface area contributed by atoms with Crippen LogP contribution in [-0.4, -0.2) is 43.3 Å². The molecule has 21 heavy (non-hydrogen) atoms. The molecule has 0 amide bonds. The first kappa shape index (κ1) is 18.1. The first-order valence-corrected chi connectivity index (χ1v) is 7.95. The van der Waals surface area contributed by atoms with Gasteiger partial charge in [0.05, 0.1) is 0 Å². The second kappa shape index (κ2) is 10.7. The zero-order chi connectivity index (χ0) is 15.5. The fraction of sp³-hybridized carbons (Fsp3) is 0.647. The van der Waals surface area contributed by atoms with Crippen LogP contribution in [0.1, 0.15) is 44.2 Å². The number of hydrogen-bond donors (Lipinski definition) is 2. The lowest BCUT2D eigenvalue weighted by Gasteiger charge is -2.22. The van der Waals surface area contributed by atoms with E-state index in [1.165, 1.54) is 12.1 Å². The van der Waals surface area contributed by atoms with E-state index in [0.29, 0.717) is 0 Å². The molecule has 0 aliphatic rings. The van der Waals surface area contributed by atoms with Gasteiger partial charge in [-0.15, -0.1) is 0 Å². The number of rotatable bonds is 11. The summed E-state index contributed by atoms with van der Waals surface area (Å²) in [6, 6.07) is 7.06. The fourth-order valence-corrected chi connectivity index (χ4v) is 2.46. The van der Waals surface area contributed by atoms with E-state index in [1.54, 1.807) is 0 Å². The van der Waals surface area contributed by atoms with E-state index >= 15 is 0 Å². The van der Waals surface area contributed by atoms with E-state index in [2.05, 4.69) is 24.2 Å². The van der Waals surface area contributed by atoms with Gasteiger partial charge in [-0.2, -0.15) is 0 Å². The third-order valence-corrected chi connectivity index (χ3v) is 3.72. The minimum atomic E-state index is -0.185. The van der Waals surface area contributed by atoms with Crippen LogP contribution < -0.4 is 5.32 Å². The van der Waals surface area contributed by atoms with Crippen LogP contribution in [0, 0.1) is 5.82 Å². The maximum absolute atomic E-state index is 13.0. The molecular weight excluding hydrogens is 267 g/mol. The summed E-state index contributed by atoms with van der Waals surface area (Å²) in [5, 5.41) is 12.2. The predicted octanol–water partition coefficient (Wildman–Crippen LogP) is 2.96. The molecule has 0 aliphatic heterocycles. The van der Waals surface area contributed by atoms with Gasteiger partial charge in [-0.1, -0.05) is 19.1 Å². The van der Waals surface area contributed by atoms with Crippen LogP contribution in [0.3, 0.4) is 0 Å². The van der Waals surface area contributed by atoms with Gasteiger partial charge in [-0.3, -0.25) is 0 Å². The molecule has 0 aliphatic carbocycles. The van der Waals surface area contributed by atoms with E-state index in [1.807, 2.05) is 12.1 Å². The molecule has 0 spiro atoms. The molecule has 0 saturated heterocycles. The summed E-state index contributed by atoms with van der Waals surface area (Å²) in [5.74, 6) is -0.185. The van der Waals surface area contributed by atoms with Gasteiger partial charge < -0.3 is 15.3 Å². The van der Waals surface area contributed by atoms with Gasteiger partial charge in [0, 0.05) is 12.6 Å². The third-order valence-electron chi connectivity index (χ3n) is 3.72. The van der Waals surface area contributed by atoms with Crippen molar-refractivity contribution in [3.05, 3.63) is 35.6 Å². The summed E-state index contributed by atoms with van der Waals surface area (Å²) in [6.07, 6.45) is 4.11. The molecule has 3 nitrogen and oxygen atoms in total. The van der Waals surface area contributed by atoms with E-state index in [0.717, 1.165) is 50.9 Å². The SMILES string of the molecule is CCNC(CCN(C)CCCCCO)c1ccc(F)cc1. The largest absolute Gasteiger partial charge is 0.396 e. The lowest BCUT2D eigenvalue weighted by Crippen LogP contribution is -2.28. The Morgan fingerprint density at radius 2 is 1.86 bits per heavy atom. The highest BCUT2D eigenvalue weighted by Crippen LogP contribution is 2.17. The summed E-state index contributed by atoms with van der Waals surface area (Å²) in [5.41, 5.74) is 1.15. The van der Waals surface area contributed by atoms with Gasteiger partial charge in [0.25, 0.3) is 0 Å². The molecule has 120 valence electrons. The van der Waals surface area contributed by atoms with Gasteiger partial charge in [-0.05, 0) is 70.1 Å². The third kappa shape index (κ3) is 7.55. The number of benzene rings is 1. The molecule has 0 heterocycles. The number of nitrogens with one attached hydrogen (secondary N) is 1. The highest BCUT2D eigenvalue weighted by molar-refractivity contribution is 5.19. The van der Waals surface area contributed by atoms with Gasteiger partial charge >= 0.3 is 0 Å². The minimum absolute atomic E-state index is 0.185. The second-order valence-electron chi connectivity index (χ2n) is 5.54. The van der Waals surface area contributed by atoms with Gasteiger partial charge in [0.1, 0.15) is 5.82 Å². The molecule has 0 bridgehead atoms. The minimum Gasteiger partial charge on any atom is -0.396 e. The first-order chi connectivity index (χ1) is 10.2. The average molecular weight is 296 g/mol. The van der Waals surface area contributed by atoms with Crippen molar-refractivity contribution in [1.82, 2.24) is 10.2 Å². The molecule has 1 aromatic carbocycles. The van der Waals surface area contributed by atoms with Crippen molar-refractivity contribution in [3.8, 4) is 0 Å². The molecule has 0 aromatic heterocycles. The molecular formula is C17H29FN2O. The smallest absolute Gasteiger partial charge is 0.123 e. The van der Waals surface area contributed by atoms with Crippen molar-refractivity contribution in [2.24, 2.45) is 0 Å². The van der Waals surface area contributed by atoms with Crippen molar-refractivity contribution in [1.29, 1.82) is 0 Å². The normalized spacial score (nSPS) is 12.8. The average Bonchev–Trinajstić information content (AvgIpc) is 2.49. The van der Waals surface area contributed by atoms with Crippen LogP contribution >= 0.6 is 0 Å². The van der Waals surface area contributed by atoms with Crippen molar-refractivity contribution >= 4 is 0 Å². The van der Waals surface area contributed by atoms with Crippen LogP contribution in [-0.2, 0) is 0 Å². The maximum Gasteiger partial charge on any atom is 0.123 e. The van der Waals surface area contributed by atoms with Crippen molar-refractivity contribution < 1.29 is 9.50 Å². The Bertz CT molecular complexity index is 370. The Balaban J connectivity index is 2.38. The van der Waals surface area contributed by atoms with Crippen LogP contribution in [0.5, 0.6) is 0 Å². The number of aliphatic hydroxyl groups is 1. The summed E-state index contributed by atoms with van der Waals surface area (Å²) in [4.78, 5) is 2.32. The molecule has 1 aromatic rings. The first-order valence-electron chi connectivity index (χ1n) is 7.95. The van der Waals surface area contributed by atoms with Crippen LogP contribution in [0.15, 0.2) is 24.3 Å². The Kier molecular flexibility index (Phi) is 9.22. The molecule has 2 N–H and O–H groups in total. The summed E-state index contributed by atoms with van der Waals surface area (Å²) in [6.45, 7) is 5.35. The highest BCUT2D eigenvalue weighted by Gasteiger charge is 2.11. The molecule has 0 fully saturated rings. The van der Waals surface area contributed by atoms with Crippen molar-refractivity contribution in [2.45, 2.75) is 38.6 Å². The molecule has 1 unspecified atom stereocenters. The lowest BCUT2D eigenvalue weighted by molar-refractivity contribution is 0.268. The maximum atomic E-state index is 13.0. The van der Waals surface area contributed by atoms with E-state index in [9.17, 15) is 4.39 Å². The number of aliphatic hydroxyl groups excluding tert-OH is 1. The summed E-state index contributed by atoms with van der Waals surface area (Å²) >= 11 is 0. The quantitative estimate of drug-likeness (QED) is 0.616. The van der Waals surface area contributed by atoms with Gasteiger partial charge in [0.2, 0.25) is 0 Å². The number of hydrogen-bond acceptors (Lipinski definition) is 3. The Morgan fingerprint density at radius 1 is 1.14 bits per heavy atom. The molecule has 1 atom stereocenters. The molecule has 0 saturated carbocycles. The van der Waals surface area contributed by atoms with Gasteiger partial charge in [-0.25, -0.2) is 4.39 Å². The second-order valence-corrected chi connectivity index (χ2v) is 5.54. The molecule has 1 rings (SSSR count). The number of halogens is 1. The predicted molar refractivity (Wildman–Crippen MR) is 85.9 cm³/mol. The number of unbranched alkanes of at least 4 members (excludes halogenated alkanes) is 2. The monoisotopic (exact) mass is 296 g/mol. The van der Waals surface area contributed by atoms with Crippen LogP contribution in [0.2, 0.25) is 0 Å². The molecule has 4 heteroatoms. The van der Waals surface area contributed by atoms with E-state index in [4.69, 9.17) is 5.11 Å². The van der Waals surface area contributed by atoms with Crippen LogP contribution in [0.25, 0.3) is 0 Å². The fourth-order valence-electron chi connectivity index (χ4n) is 2.46.